The number of H-pyrrole nitrogens is 1. The van der Waals surface area contributed by atoms with Crippen LogP contribution in [0, 0.1) is 0 Å². The Balaban J connectivity index is 1.51. The number of ether oxygens (including phenoxy) is 2. The minimum Gasteiger partial charge on any atom is -0.493 e. The molecule has 0 amide bonds. The maximum Gasteiger partial charge on any atom is 0.161 e. The normalized spacial score (nSPS) is 14.3. The van der Waals surface area contributed by atoms with Crippen LogP contribution in [0.3, 0.4) is 0 Å². The highest BCUT2D eigenvalue weighted by molar-refractivity contribution is 5.39. The fourth-order valence-corrected chi connectivity index (χ4v) is 3.24. The van der Waals surface area contributed by atoms with Gasteiger partial charge < -0.3 is 9.47 Å². The third kappa shape index (κ3) is 4.09. The van der Waals surface area contributed by atoms with Gasteiger partial charge in [0.05, 0.1) is 12.8 Å². The van der Waals surface area contributed by atoms with Crippen LogP contribution in [0.1, 0.15) is 36.2 Å². The van der Waals surface area contributed by atoms with Crippen molar-refractivity contribution in [2.45, 2.75) is 38.6 Å². The van der Waals surface area contributed by atoms with Crippen molar-refractivity contribution in [2.75, 3.05) is 27.3 Å². The van der Waals surface area contributed by atoms with Gasteiger partial charge in [0.25, 0.3) is 0 Å². The molecule has 1 aromatic heterocycles. The number of para-hydroxylation sites is 2. The molecule has 130 valence electrons. The van der Waals surface area contributed by atoms with Crippen molar-refractivity contribution in [3.63, 3.8) is 0 Å². The number of nitrogens with zero attached hydrogens (tertiary/aromatic N) is 2. The van der Waals surface area contributed by atoms with Gasteiger partial charge in [0.2, 0.25) is 0 Å². The second-order valence-electron chi connectivity index (χ2n) is 6.43. The molecule has 1 aliphatic carbocycles. The number of nitrogens with one attached hydrogen (secondary N) is 1. The fourth-order valence-electron chi connectivity index (χ4n) is 3.24. The van der Waals surface area contributed by atoms with Crippen molar-refractivity contribution in [1.29, 1.82) is 0 Å². The lowest BCUT2D eigenvalue weighted by molar-refractivity contribution is 0.224. The highest BCUT2D eigenvalue weighted by Gasteiger charge is 2.16. The quantitative estimate of drug-likeness (QED) is 0.793. The summed E-state index contributed by atoms with van der Waals surface area (Å²) in [7, 11) is 3.78. The average molecular weight is 329 g/mol. The van der Waals surface area contributed by atoms with Crippen LogP contribution in [0.25, 0.3) is 0 Å². The number of aromatic nitrogens is 2. The SMILES string of the molecule is COc1ccccc1OCCN(C)Cc1n[nH]c2c1CCCCC2. The molecule has 0 atom stereocenters. The van der Waals surface area contributed by atoms with Gasteiger partial charge in [0, 0.05) is 18.8 Å². The number of hydrogen-bond donors (Lipinski definition) is 1. The predicted octanol–water partition coefficient (Wildman–Crippen LogP) is 3.20. The minimum atomic E-state index is 0.628. The van der Waals surface area contributed by atoms with Crippen LogP contribution in [0.4, 0.5) is 0 Å². The lowest BCUT2D eigenvalue weighted by Gasteiger charge is -2.17. The van der Waals surface area contributed by atoms with Crippen LogP contribution < -0.4 is 9.47 Å². The van der Waals surface area contributed by atoms with Crippen molar-refractivity contribution in [2.24, 2.45) is 0 Å². The van der Waals surface area contributed by atoms with E-state index in [1.165, 1.54) is 36.2 Å². The van der Waals surface area contributed by atoms with Gasteiger partial charge >= 0.3 is 0 Å². The summed E-state index contributed by atoms with van der Waals surface area (Å²) in [6.07, 6.45) is 6.18. The smallest absolute Gasteiger partial charge is 0.161 e. The van der Waals surface area contributed by atoms with E-state index in [-0.39, 0.29) is 0 Å². The van der Waals surface area contributed by atoms with Gasteiger partial charge in [-0.15, -0.1) is 0 Å². The number of aryl methyl sites for hydroxylation is 1. The predicted molar refractivity (Wildman–Crippen MR) is 94.7 cm³/mol. The molecule has 0 aliphatic heterocycles. The Morgan fingerprint density at radius 2 is 1.92 bits per heavy atom. The van der Waals surface area contributed by atoms with Crippen LogP contribution in [0.15, 0.2) is 24.3 Å². The van der Waals surface area contributed by atoms with E-state index in [1.807, 2.05) is 24.3 Å². The summed E-state index contributed by atoms with van der Waals surface area (Å²) < 4.78 is 11.2. The molecule has 0 saturated heterocycles. The summed E-state index contributed by atoms with van der Waals surface area (Å²) in [5.74, 6) is 1.57. The maximum atomic E-state index is 5.86. The van der Waals surface area contributed by atoms with Gasteiger partial charge in [0.15, 0.2) is 11.5 Å². The van der Waals surface area contributed by atoms with Crippen molar-refractivity contribution < 1.29 is 9.47 Å². The van der Waals surface area contributed by atoms with E-state index in [0.29, 0.717) is 6.61 Å². The molecule has 0 spiro atoms. The number of rotatable bonds is 7. The van der Waals surface area contributed by atoms with Crippen LogP contribution in [-0.2, 0) is 19.4 Å². The van der Waals surface area contributed by atoms with Crippen molar-refractivity contribution in [3.05, 3.63) is 41.2 Å². The first-order chi connectivity index (χ1) is 11.8. The molecule has 0 unspecified atom stereocenters. The van der Waals surface area contributed by atoms with E-state index in [1.54, 1.807) is 7.11 Å². The molecular formula is C19H27N3O2. The molecule has 3 rings (SSSR count). The molecule has 1 N–H and O–H groups in total. The standard InChI is InChI=1S/C19H27N3O2/c1-22(12-13-24-19-11-7-6-10-18(19)23-2)14-17-15-8-4-3-5-9-16(15)20-21-17/h6-7,10-11H,3-5,8-9,12-14H2,1-2H3,(H,20,21). The molecular weight excluding hydrogens is 302 g/mol. The molecule has 1 aliphatic rings. The molecule has 24 heavy (non-hydrogen) atoms. The lowest BCUT2D eigenvalue weighted by Crippen LogP contribution is -2.24. The number of hydrogen-bond acceptors (Lipinski definition) is 4. The van der Waals surface area contributed by atoms with Crippen LogP contribution in [-0.4, -0.2) is 42.4 Å². The van der Waals surface area contributed by atoms with E-state index in [9.17, 15) is 0 Å². The highest BCUT2D eigenvalue weighted by atomic mass is 16.5. The Morgan fingerprint density at radius 3 is 2.75 bits per heavy atom. The third-order valence-corrected chi connectivity index (χ3v) is 4.61. The summed E-state index contributed by atoms with van der Waals surface area (Å²) in [5, 5.41) is 7.79. The monoisotopic (exact) mass is 329 g/mol. The second kappa shape index (κ2) is 8.20. The number of likely N-dealkylation sites (N-methyl/N-ethyl adjacent to an activating group) is 1. The maximum absolute atomic E-state index is 5.86. The molecule has 0 fully saturated rings. The number of aromatic amines is 1. The third-order valence-electron chi connectivity index (χ3n) is 4.61. The summed E-state index contributed by atoms with van der Waals surface area (Å²) in [6, 6.07) is 7.76. The van der Waals surface area contributed by atoms with Crippen LogP contribution in [0.2, 0.25) is 0 Å². The van der Waals surface area contributed by atoms with Crippen molar-refractivity contribution in [1.82, 2.24) is 15.1 Å². The van der Waals surface area contributed by atoms with E-state index in [2.05, 4.69) is 22.1 Å². The van der Waals surface area contributed by atoms with Gasteiger partial charge in [-0.3, -0.25) is 10.00 Å². The Morgan fingerprint density at radius 1 is 1.12 bits per heavy atom. The topological polar surface area (TPSA) is 50.4 Å². The fraction of sp³-hybridized carbons (Fsp3) is 0.526. The molecule has 5 nitrogen and oxygen atoms in total. The van der Waals surface area contributed by atoms with Crippen LogP contribution >= 0.6 is 0 Å². The first kappa shape index (κ1) is 16.8. The molecule has 0 radical (unpaired) electrons. The molecule has 0 saturated carbocycles. The van der Waals surface area contributed by atoms with Crippen molar-refractivity contribution >= 4 is 0 Å². The summed E-state index contributed by atoms with van der Waals surface area (Å²) >= 11 is 0. The van der Waals surface area contributed by atoms with Crippen LogP contribution in [0.5, 0.6) is 11.5 Å². The summed E-state index contributed by atoms with van der Waals surface area (Å²) in [4.78, 5) is 2.26. The summed E-state index contributed by atoms with van der Waals surface area (Å²) in [6.45, 7) is 2.34. The molecule has 2 aromatic rings. The van der Waals surface area contributed by atoms with Gasteiger partial charge in [-0.05, 0) is 50.4 Å². The number of methoxy groups -OCH3 is 1. The zero-order chi connectivity index (χ0) is 16.8. The first-order valence-electron chi connectivity index (χ1n) is 8.77. The van der Waals surface area contributed by atoms with E-state index < -0.39 is 0 Å². The molecule has 1 heterocycles. The zero-order valence-electron chi connectivity index (χ0n) is 14.7. The van der Waals surface area contributed by atoms with E-state index in [4.69, 9.17) is 9.47 Å². The van der Waals surface area contributed by atoms with Gasteiger partial charge in [-0.2, -0.15) is 5.10 Å². The van der Waals surface area contributed by atoms with Crippen molar-refractivity contribution in [3.8, 4) is 11.5 Å². The Kier molecular flexibility index (Phi) is 5.75. The highest BCUT2D eigenvalue weighted by Crippen LogP contribution is 2.26. The minimum absolute atomic E-state index is 0.628. The first-order valence-corrected chi connectivity index (χ1v) is 8.77. The average Bonchev–Trinajstić information content (AvgIpc) is 2.82. The second-order valence-corrected chi connectivity index (χ2v) is 6.43. The largest absolute Gasteiger partial charge is 0.493 e. The van der Waals surface area contributed by atoms with Gasteiger partial charge in [0.1, 0.15) is 6.61 Å². The van der Waals surface area contributed by atoms with Gasteiger partial charge in [-0.1, -0.05) is 18.6 Å². The van der Waals surface area contributed by atoms with E-state index >= 15 is 0 Å². The summed E-state index contributed by atoms with van der Waals surface area (Å²) in [5.41, 5.74) is 4.00. The number of fused-ring (bicyclic) bond motifs is 1. The Hall–Kier alpha value is -2.01. The van der Waals surface area contributed by atoms with Gasteiger partial charge in [-0.25, -0.2) is 0 Å². The Bertz CT molecular complexity index is 654. The van der Waals surface area contributed by atoms with E-state index in [0.717, 1.165) is 37.4 Å². The molecule has 1 aromatic carbocycles. The molecule has 5 heteroatoms. The lowest BCUT2D eigenvalue weighted by atomic mass is 10.1. The Labute approximate surface area is 144 Å². The number of benzene rings is 1. The zero-order valence-corrected chi connectivity index (χ0v) is 14.7. The molecule has 0 bridgehead atoms.